The van der Waals surface area contributed by atoms with Gasteiger partial charge in [-0.1, -0.05) is 0 Å². The first kappa shape index (κ1) is 24.7. The number of ether oxygens (including phenoxy) is 1. The van der Waals surface area contributed by atoms with Gasteiger partial charge in [0.2, 0.25) is 5.78 Å². The number of hydrogen-bond donors (Lipinski definition) is 3. The smallest absolute Gasteiger partial charge is 0.335 e. The van der Waals surface area contributed by atoms with Crippen LogP contribution in [0.4, 0.5) is 5.82 Å². The van der Waals surface area contributed by atoms with Crippen LogP contribution >= 0.6 is 0 Å². The quantitative estimate of drug-likeness (QED) is 0.423. The molecule has 2 aromatic rings. The second kappa shape index (κ2) is 9.66. The van der Waals surface area contributed by atoms with Gasteiger partial charge in [-0.15, -0.1) is 0 Å². The molecule has 0 aromatic carbocycles. The monoisotopic (exact) mass is 494 g/mol. The van der Waals surface area contributed by atoms with Crippen LogP contribution in [0.2, 0.25) is 0 Å². The molecule has 34 heavy (non-hydrogen) atoms. The average molecular weight is 495 g/mol. The van der Waals surface area contributed by atoms with Crippen molar-refractivity contribution >= 4 is 21.9 Å². The van der Waals surface area contributed by atoms with Crippen LogP contribution in [0.15, 0.2) is 24.8 Å². The van der Waals surface area contributed by atoms with Crippen LogP contribution in [0, 0.1) is 0 Å². The number of anilines is 1. The van der Waals surface area contributed by atoms with Crippen molar-refractivity contribution in [3.05, 3.63) is 36.0 Å². The maximum absolute atomic E-state index is 13.2. The first-order chi connectivity index (χ1) is 16.0. The minimum absolute atomic E-state index is 0.0471. The van der Waals surface area contributed by atoms with Gasteiger partial charge in [0.05, 0.1) is 29.9 Å². The minimum Gasteiger partial charge on any atom is -0.390 e. The third-order valence-corrected chi connectivity index (χ3v) is 7.09. The van der Waals surface area contributed by atoms with E-state index in [0.717, 1.165) is 12.8 Å². The molecule has 12 nitrogen and oxygen atoms in total. The Morgan fingerprint density at radius 3 is 2.88 bits per heavy atom. The van der Waals surface area contributed by atoms with E-state index >= 15 is 0 Å². The zero-order valence-corrected chi connectivity index (χ0v) is 20.2. The summed E-state index contributed by atoms with van der Waals surface area (Å²) in [6.07, 6.45) is 4.97. The summed E-state index contributed by atoms with van der Waals surface area (Å²) in [6.45, 7) is 4.68. The third kappa shape index (κ3) is 5.78. The lowest BCUT2D eigenvalue weighted by molar-refractivity contribution is -0.0230. The molecule has 2 aliphatic rings. The largest absolute Gasteiger partial charge is 0.390 e. The van der Waals surface area contributed by atoms with Crippen molar-refractivity contribution in [2.45, 2.75) is 76.0 Å². The van der Waals surface area contributed by atoms with E-state index in [2.05, 4.69) is 39.0 Å². The van der Waals surface area contributed by atoms with Gasteiger partial charge in [0.25, 0.3) is 0 Å². The summed E-state index contributed by atoms with van der Waals surface area (Å²) in [5.74, 6) is -0.0663. The van der Waals surface area contributed by atoms with Crippen LogP contribution in [-0.2, 0) is 25.8 Å². The van der Waals surface area contributed by atoms with Gasteiger partial charge in [-0.2, -0.15) is 18.2 Å². The number of aromatic nitrogens is 4. The van der Waals surface area contributed by atoms with Gasteiger partial charge >= 0.3 is 10.3 Å². The molecule has 3 heterocycles. The van der Waals surface area contributed by atoms with E-state index in [1.54, 1.807) is 16.9 Å². The highest BCUT2D eigenvalue weighted by molar-refractivity contribution is 7.84. The zero-order chi connectivity index (χ0) is 24.5. The SMILES string of the molecule is CNS(=O)(=O)O[C@@H]1C[C@H](Nc2ncncc2C(=O)c2ccn(C[C@@H]3CCC(C)(C)O3)n2)C[C@@H]1O. The Hall–Kier alpha value is -2.45. The van der Waals surface area contributed by atoms with Crippen molar-refractivity contribution in [2.75, 3.05) is 12.4 Å². The number of ketones is 1. The van der Waals surface area contributed by atoms with Gasteiger partial charge in [0.1, 0.15) is 23.9 Å². The molecule has 2 aromatic heterocycles. The molecule has 0 spiro atoms. The van der Waals surface area contributed by atoms with Crippen molar-refractivity contribution < 1.29 is 27.2 Å². The maximum atomic E-state index is 13.2. The Kier molecular flexibility index (Phi) is 7.01. The Balaban J connectivity index is 1.43. The van der Waals surface area contributed by atoms with Crippen LogP contribution in [0.25, 0.3) is 0 Å². The molecular weight excluding hydrogens is 464 g/mol. The lowest BCUT2D eigenvalue weighted by Gasteiger charge is -2.19. The number of rotatable bonds is 9. The van der Waals surface area contributed by atoms with Crippen molar-refractivity contribution in [3.8, 4) is 0 Å². The highest BCUT2D eigenvalue weighted by Crippen LogP contribution is 2.30. The normalized spacial score (nSPS) is 26.6. The Labute approximate surface area is 198 Å². The number of nitrogens with one attached hydrogen (secondary N) is 2. The van der Waals surface area contributed by atoms with Crippen molar-refractivity contribution in [3.63, 3.8) is 0 Å². The topological polar surface area (TPSA) is 158 Å². The first-order valence-electron chi connectivity index (χ1n) is 11.2. The van der Waals surface area contributed by atoms with Gasteiger partial charge in [0, 0.05) is 25.5 Å². The maximum Gasteiger partial charge on any atom is 0.335 e. The van der Waals surface area contributed by atoms with Gasteiger partial charge < -0.3 is 15.2 Å². The summed E-state index contributed by atoms with van der Waals surface area (Å²) in [6, 6.07) is 1.29. The summed E-state index contributed by atoms with van der Waals surface area (Å²) in [4.78, 5) is 21.3. The van der Waals surface area contributed by atoms with Gasteiger partial charge in [-0.3, -0.25) is 13.7 Å². The summed E-state index contributed by atoms with van der Waals surface area (Å²) in [5, 5.41) is 17.8. The van der Waals surface area contributed by atoms with Crippen molar-refractivity contribution in [1.82, 2.24) is 24.5 Å². The van der Waals surface area contributed by atoms with Crippen LogP contribution in [0.5, 0.6) is 0 Å². The predicted molar refractivity (Wildman–Crippen MR) is 121 cm³/mol. The van der Waals surface area contributed by atoms with Gasteiger partial charge in [-0.25, -0.2) is 9.97 Å². The molecule has 0 bridgehead atoms. The predicted octanol–water partition coefficient (Wildman–Crippen LogP) is 0.646. The second-order valence-corrected chi connectivity index (χ2v) is 10.8. The van der Waals surface area contributed by atoms with Crippen molar-refractivity contribution in [2.24, 2.45) is 0 Å². The molecule has 2 fully saturated rings. The van der Waals surface area contributed by atoms with Crippen LogP contribution in [0.1, 0.15) is 55.6 Å². The Morgan fingerprint density at radius 2 is 2.18 bits per heavy atom. The summed E-state index contributed by atoms with van der Waals surface area (Å²) >= 11 is 0. The molecule has 0 unspecified atom stereocenters. The fourth-order valence-electron chi connectivity index (χ4n) is 4.35. The van der Waals surface area contributed by atoms with Gasteiger partial charge in [0.15, 0.2) is 0 Å². The fourth-order valence-corrected chi connectivity index (χ4v) is 4.98. The molecular formula is C21H30N6O6S. The van der Waals surface area contributed by atoms with E-state index in [0.29, 0.717) is 6.54 Å². The highest BCUT2D eigenvalue weighted by Gasteiger charge is 2.37. The van der Waals surface area contributed by atoms with E-state index in [1.807, 2.05) is 0 Å². The van der Waals surface area contributed by atoms with Crippen LogP contribution < -0.4 is 10.0 Å². The summed E-state index contributed by atoms with van der Waals surface area (Å²) in [7, 11) is -2.71. The Morgan fingerprint density at radius 1 is 1.38 bits per heavy atom. The van der Waals surface area contributed by atoms with E-state index in [9.17, 15) is 18.3 Å². The molecule has 3 N–H and O–H groups in total. The second-order valence-electron chi connectivity index (χ2n) is 9.25. The first-order valence-corrected chi connectivity index (χ1v) is 12.6. The van der Waals surface area contributed by atoms with Crippen LogP contribution in [0.3, 0.4) is 0 Å². The average Bonchev–Trinajstić information content (AvgIpc) is 3.47. The number of nitrogens with zero attached hydrogens (tertiary/aromatic N) is 4. The van der Waals surface area contributed by atoms with Gasteiger partial charge in [-0.05, 0) is 45.6 Å². The van der Waals surface area contributed by atoms with Crippen molar-refractivity contribution in [1.29, 1.82) is 0 Å². The van der Waals surface area contributed by atoms with Crippen LogP contribution in [-0.4, -0.2) is 76.1 Å². The molecule has 0 radical (unpaired) electrons. The number of aliphatic hydroxyl groups is 1. The summed E-state index contributed by atoms with van der Waals surface area (Å²) in [5.41, 5.74) is 0.337. The molecule has 1 saturated carbocycles. The van der Waals surface area contributed by atoms with E-state index in [-0.39, 0.29) is 53.4 Å². The number of carbonyl (C=O) groups is 1. The molecule has 4 rings (SSSR count). The molecule has 1 saturated heterocycles. The molecule has 0 amide bonds. The molecule has 13 heteroatoms. The lowest BCUT2D eigenvalue weighted by Crippen LogP contribution is -2.31. The number of aliphatic hydroxyl groups excluding tert-OH is 1. The molecule has 186 valence electrons. The van der Waals surface area contributed by atoms with E-state index in [4.69, 9.17) is 8.92 Å². The molecule has 1 aliphatic carbocycles. The Bertz CT molecular complexity index is 1140. The lowest BCUT2D eigenvalue weighted by atomic mass is 10.1. The minimum atomic E-state index is -3.94. The van der Waals surface area contributed by atoms with E-state index < -0.39 is 22.5 Å². The number of hydrogen-bond acceptors (Lipinski definition) is 10. The molecule has 1 aliphatic heterocycles. The standard InChI is InChI=1S/C21H30N6O6S/c1-21(2)6-4-14(32-21)11-27-7-5-16(26-27)19(29)15-10-23-12-24-20(15)25-13-8-17(28)18(9-13)33-34(30,31)22-3/h5,7,10,12-14,17-18,22,28H,4,6,8-9,11H2,1-3H3,(H,23,24,25)/t13-,14+,17+,18-/m1/s1. The fraction of sp³-hybridized carbons (Fsp3) is 0.619. The zero-order valence-electron chi connectivity index (χ0n) is 19.3. The molecule has 4 atom stereocenters. The summed E-state index contributed by atoms with van der Waals surface area (Å²) < 4.78 is 38.1. The van der Waals surface area contributed by atoms with E-state index in [1.165, 1.54) is 19.6 Å². The highest BCUT2D eigenvalue weighted by atomic mass is 32.2. The third-order valence-electron chi connectivity index (χ3n) is 6.09. The number of carbonyl (C=O) groups excluding carboxylic acids is 1.